The molecule has 1 heterocycles. The molecule has 0 aromatic heterocycles. The van der Waals surface area contributed by atoms with E-state index in [1.54, 1.807) is 0 Å². The molecule has 2 heteroatoms. The molecule has 0 aliphatic carbocycles. The van der Waals surface area contributed by atoms with Crippen LogP contribution in [-0.2, 0) is 0 Å². The summed E-state index contributed by atoms with van der Waals surface area (Å²) >= 11 is 0. The highest BCUT2D eigenvalue weighted by atomic mass is 15.2. The van der Waals surface area contributed by atoms with Crippen molar-refractivity contribution in [1.82, 2.24) is 0 Å². The van der Waals surface area contributed by atoms with Crippen molar-refractivity contribution in [2.45, 2.75) is 13.3 Å². The highest BCUT2D eigenvalue weighted by Gasteiger charge is 2.16. The Hall–Kier alpha value is -3.00. The SMILES string of the molecule is Cc1ccc(C2=NN=C(c3ccc(-c4ccccc4)cc3)C2)cc1. The number of hydrogen-bond donors (Lipinski definition) is 0. The summed E-state index contributed by atoms with van der Waals surface area (Å²) in [7, 11) is 0. The molecule has 0 amide bonds. The molecular formula is C22H18N2. The van der Waals surface area contributed by atoms with E-state index < -0.39 is 0 Å². The number of nitrogens with zero attached hydrogens (tertiary/aromatic N) is 2. The van der Waals surface area contributed by atoms with Crippen LogP contribution in [0.3, 0.4) is 0 Å². The van der Waals surface area contributed by atoms with Crippen LogP contribution in [-0.4, -0.2) is 11.4 Å². The van der Waals surface area contributed by atoms with Gasteiger partial charge in [-0.05, 0) is 29.2 Å². The van der Waals surface area contributed by atoms with Crippen LogP contribution >= 0.6 is 0 Å². The molecule has 4 rings (SSSR count). The number of rotatable bonds is 3. The van der Waals surface area contributed by atoms with Gasteiger partial charge in [-0.2, -0.15) is 10.2 Å². The Bertz CT molecular complexity index is 902. The van der Waals surface area contributed by atoms with Crippen LogP contribution in [0.5, 0.6) is 0 Å². The largest absolute Gasteiger partial charge is 0.154 e. The Morgan fingerprint density at radius 2 is 1.00 bits per heavy atom. The normalized spacial score (nSPS) is 13.5. The minimum Gasteiger partial charge on any atom is -0.154 e. The minimum atomic E-state index is 0.785. The molecule has 0 unspecified atom stereocenters. The maximum Gasteiger partial charge on any atom is 0.0763 e. The van der Waals surface area contributed by atoms with E-state index in [1.165, 1.54) is 16.7 Å². The van der Waals surface area contributed by atoms with Crippen molar-refractivity contribution in [3.63, 3.8) is 0 Å². The van der Waals surface area contributed by atoms with Gasteiger partial charge in [-0.15, -0.1) is 0 Å². The average Bonchev–Trinajstić information content (AvgIpc) is 3.13. The molecule has 0 saturated heterocycles. The van der Waals surface area contributed by atoms with Crippen LogP contribution < -0.4 is 0 Å². The molecule has 3 aromatic carbocycles. The summed E-state index contributed by atoms with van der Waals surface area (Å²) < 4.78 is 0. The summed E-state index contributed by atoms with van der Waals surface area (Å²) in [4.78, 5) is 0. The fourth-order valence-corrected chi connectivity index (χ4v) is 2.90. The fraction of sp³-hybridized carbons (Fsp3) is 0.0909. The summed E-state index contributed by atoms with van der Waals surface area (Å²) in [5, 5.41) is 8.77. The molecule has 0 bridgehead atoms. The topological polar surface area (TPSA) is 24.7 Å². The maximum atomic E-state index is 4.39. The molecule has 0 atom stereocenters. The van der Waals surface area contributed by atoms with Crippen LogP contribution in [0.2, 0.25) is 0 Å². The van der Waals surface area contributed by atoms with Gasteiger partial charge in [-0.1, -0.05) is 84.4 Å². The Labute approximate surface area is 142 Å². The zero-order valence-electron chi connectivity index (χ0n) is 13.6. The van der Waals surface area contributed by atoms with E-state index in [0.29, 0.717) is 0 Å². The standard InChI is InChI=1S/C22H18N2/c1-16-7-9-19(10-8-16)21-15-22(24-23-21)20-13-11-18(12-14-20)17-5-3-2-4-6-17/h2-14H,15H2,1H3. The molecule has 0 saturated carbocycles. The van der Waals surface area contributed by atoms with Crippen molar-refractivity contribution in [2.75, 3.05) is 0 Å². The highest BCUT2D eigenvalue weighted by Crippen LogP contribution is 2.22. The molecular weight excluding hydrogens is 292 g/mol. The van der Waals surface area contributed by atoms with Gasteiger partial charge < -0.3 is 0 Å². The van der Waals surface area contributed by atoms with Crippen LogP contribution in [0.1, 0.15) is 23.1 Å². The Morgan fingerprint density at radius 1 is 0.542 bits per heavy atom. The number of aryl methyl sites for hydroxylation is 1. The first kappa shape index (κ1) is 14.6. The molecule has 0 N–H and O–H groups in total. The molecule has 2 nitrogen and oxygen atoms in total. The van der Waals surface area contributed by atoms with E-state index >= 15 is 0 Å². The van der Waals surface area contributed by atoms with Crippen molar-refractivity contribution < 1.29 is 0 Å². The molecule has 1 aliphatic heterocycles. The van der Waals surface area contributed by atoms with Gasteiger partial charge in [-0.3, -0.25) is 0 Å². The predicted octanol–water partition coefficient (Wildman–Crippen LogP) is 5.26. The third kappa shape index (κ3) is 2.91. The minimum absolute atomic E-state index is 0.785. The fourth-order valence-electron chi connectivity index (χ4n) is 2.90. The van der Waals surface area contributed by atoms with Crippen molar-refractivity contribution >= 4 is 11.4 Å². The van der Waals surface area contributed by atoms with E-state index in [0.717, 1.165) is 29.0 Å². The Balaban J connectivity index is 1.51. The summed E-state index contributed by atoms with van der Waals surface area (Å²) in [5.41, 5.74) is 8.07. The molecule has 24 heavy (non-hydrogen) atoms. The van der Waals surface area contributed by atoms with E-state index in [4.69, 9.17) is 0 Å². The van der Waals surface area contributed by atoms with Gasteiger partial charge in [0.15, 0.2) is 0 Å². The van der Waals surface area contributed by atoms with Crippen LogP contribution in [0, 0.1) is 6.92 Å². The van der Waals surface area contributed by atoms with Gasteiger partial charge in [0.2, 0.25) is 0 Å². The summed E-state index contributed by atoms with van der Waals surface area (Å²) in [6.45, 7) is 2.09. The first-order chi connectivity index (χ1) is 11.8. The molecule has 0 radical (unpaired) electrons. The van der Waals surface area contributed by atoms with Crippen LogP contribution in [0.25, 0.3) is 11.1 Å². The average molecular weight is 310 g/mol. The molecule has 0 spiro atoms. The first-order valence-electron chi connectivity index (χ1n) is 8.16. The lowest BCUT2D eigenvalue weighted by Crippen LogP contribution is -2.05. The number of benzene rings is 3. The van der Waals surface area contributed by atoms with Crippen LogP contribution in [0.4, 0.5) is 0 Å². The van der Waals surface area contributed by atoms with Gasteiger partial charge in [-0.25, -0.2) is 0 Å². The van der Waals surface area contributed by atoms with Crippen molar-refractivity contribution in [1.29, 1.82) is 0 Å². The second kappa shape index (κ2) is 6.25. The molecule has 0 fully saturated rings. The lowest BCUT2D eigenvalue weighted by atomic mass is 9.98. The van der Waals surface area contributed by atoms with E-state index in [9.17, 15) is 0 Å². The maximum absolute atomic E-state index is 4.39. The second-order valence-electron chi connectivity index (χ2n) is 6.08. The van der Waals surface area contributed by atoms with Crippen molar-refractivity contribution in [3.8, 4) is 11.1 Å². The Morgan fingerprint density at radius 3 is 1.58 bits per heavy atom. The van der Waals surface area contributed by atoms with E-state index in [1.807, 2.05) is 6.07 Å². The zero-order valence-corrected chi connectivity index (χ0v) is 13.6. The van der Waals surface area contributed by atoms with Crippen molar-refractivity contribution in [3.05, 3.63) is 95.6 Å². The predicted molar refractivity (Wildman–Crippen MR) is 101 cm³/mol. The third-order valence-corrected chi connectivity index (χ3v) is 4.34. The second-order valence-corrected chi connectivity index (χ2v) is 6.08. The lowest BCUT2D eigenvalue weighted by molar-refractivity contribution is 1.26. The van der Waals surface area contributed by atoms with E-state index in [2.05, 4.69) is 89.9 Å². The Kier molecular flexibility index (Phi) is 3.80. The number of hydrogen-bond acceptors (Lipinski definition) is 2. The molecule has 116 valence electrons. The van der Waals surface area contributed by atoms with Gasteiger partial charge in [0.05, 0.1) is 11.4 Å². The first-order valence-corrected chi connectivity index (χ1v) is 8.16. The lowest BCUT2D eigenvalue weighted by Gasteiger charge is -2.05. The van der Waals surface area contributed by atoms with Gasteiger partial charge in [0.25, 0.3) is 0 Å². The summed E-state index contributed by atoms with van der Waals surface area (Å²) in [6.07, 6.45) is 0.785. The summed E-state index contributed by atoms with van der Waals surface area (Å²) in [6, 6.07) is 27.4. The highest BCUT2D eigenvalue weighted by molar-refractivity contribution is 6.20. The van der Waals surface area contributed by atoms with Gasteiger partial charge >= 0.3 is 0 Å². The van der Waals surface area contributed by atoms with Crippen molar-refractivity contribution in [2.24, 2.45) is 10.2 Å². The smallest absolute Gasteiger partial charge is 0.0763 e. The van der Waals surface area contributed by atoms with Gasteiger partial charge in [0.1, 0.15) is 0 Å². The van der Waals surface area contributed by atoms with Crippen LogP contribution in [0.15, 0.2) is 89.1 Å². The monoisotopic (exact) mass is 310 g/mol. The van der Waals surface area contributed by atoms with E-state index in [-0.39, 0.29) is 0 Å². The molecule has 1 aliphatic rings. The zero-order chi connectivity index (χ0) is 16.4. The summed E-state index contributed by atoms with van der Waals surface area (Å²) in [5.74, 6) is 0. The third-order valence-electron chi connectivity index (χ3n) is 4.34. The van der Waals surface area contributed by atoms with Gasteiger partial charge in [0, 0.05) is 6.42 Å². The molecule has 3 aromatic rings. The quantitative estimate of drug-likeness (QED) is 0.630.